The summed E-state index contributed by atoms with van der Waals surface area (Å²) in [6, 6.07) is 1.92. The molecule has 2 aliphatic rings. The van der Waals surface area contributed by atoms with Crippen LogP contribution < -0.4 is 0 Å². The molecule has 1 aliphatic heterocycles. The summed E-state index contributed by atoms with van der Waals surface area (Å²) in [5.41, 5.74) is 0. The second-order valence-corrected chi connectivity index (χ2v) is 7.14. The fraction of sp³-hybridized carbons (Fsp3) is 0.833. The Hall–Kier alpha value is -1.17. The minimum atomic E-state index is -3.61. The number of methoxy groups -OCH3 is 1. The first kappa shape index (κ1) is 15.2. The highest BCUT2D eigenvalue weighted by molar-refractivity contribution is 7.89. The van der Waals surface area contributed by atoms with Crippen LogP contribution >= 0.6 is 0 Å². The SMILES string of the molecule is COC(=O)C1CCCC1S(=O)(=O)N1CCOC(C#N)C1. The number of ether oxygens (including phenoxy) is 2. The number of esters is 1. The highest BCUT2D eigenvalue weighted by Crippen LogP contribution is 2.34. The van der Waals surface area contributed by atoms with Gasteiger partial charge in [-0.3, -0.25) is 4.79 Å². The molecule has 0 aromatic carbocycles. The zero-order valence-electron chi connectivity index (χ0n) is 11.3. The van der Waals surface area contributed by atoms with E-state index in [9.17, 15) is 13.2 Å². The van der Waals surface area contributed by atoms with E-state index < -0.39 is 33.3 Å². The number of hydrogen-bond donors (Lipinski definition) is 0. The predicted molar refractivity (Wildman–Crippen MR) is 69.0 cm³/mol. The van der Waals surface area contributed by atoms with Crippen molar-refractivity contribution in [1.29, 1.82) is 5.26 Å². The number of sulfonamides is 1. The third-order valence-electron chi connectivity index (χ3n) is 3.87. The highest BCUT2D eigenvalue weighted by atomic mass is 32.2. The Morgan fingerprint density at radius 1 is 1.45 bits per heavy atom. The van der Waals surface area contributed by atoms with Gasteiger partial charge in [0, 0.05) is 6.54 Å². The average Bonchev–Trinajstić information content (AvgIpc) is 2.96. The van der Waals surface area contributed by atoms with E-state index in [1.807, 2.05) is 6.07 Å². The van der Waals surface area contributed by atoms with Crippen molar-refractivity contribution >= 4 is 16.0 Å². The van der Waals surface area contributed by atoms with Crippen molar-refractivity contribution in [3.63, 3.8) is 0 Å². The molecule has 2 rings (SSSR count). The molecule has 0 bridgehead atoms. The molecule has 1 saturated carbocycles. The van der Waals surface area contributed by atoms with Crippen LogP contribution in [0.4, 0.5) is 0 Å². The zero-order valence-corrected chi connectivity index (χ0v) is 12.1. The molecule has 0 radical (unpaired) electrons. The standard InChI is InChI=1S/C12H18N2O5S/c1-18-12(15)10-3-2-4-11(10)20(16,17)14-5-6-19-9(7-13)8-14/h9-11H,2-6,8H2,1H3. The van der Waals surface area contributed by atoms with Crippen LogP contribution in [0.2, 0.25) is 0 Å². The summed E-state index contributed by atoms with van der Waals surface area (Å²) in [5.74, 6) is -1.07. The van der Waals surface area contributed by atoms with Gasteiger partial charge in [0.1, 0.15) is 0 Å². The summed E-state index contributed by atoms with van der Waals surface area (Å²) in [5, 5.41) is 8.10. The number of hydrogen-bond acceptors (Lipinski definition) is 6. The lowest BCUT2D eigenvalue weighted by molar-refractivity contribution is -0.145. The maximum absolute atomic E-state index is 12.6. The lowest BCUT2D eigenvalue weighted by Crippen LogP contribution is -2.50. The van der Waals surface area contributed by atoms with Gasteiger partial charge >= 0.3 is 5.97 Å². The number of carbonyl (C=O) groups is 1. The molecular weight excluding hydrogens is 284 g/mol. The molecule has 0 amide bonds. The fourth-order valence-electron chi connectivity index (χ4n) is 2.83. The van der Waals surface area contributed by atoms with E-state index in [0.717, 1.165) is 0 Å². The van der Waals surface area contributed by atoms with Crippen molar-refractivity contribution in [2.45, 2.75) is 30.6 Å². The van der Waals surface area contributed by atoms with Gasteiger partial charge in [0.05, 0.1) is 37.5 Å². The van der Waals surface area contributed by atoms with Gasteiger partial charge in [-0.15, -0.1) is 0 Å². The minimum Gasteiger partial charge on any atom is -0.469 e. The highest BCUT2D eigenvalue weighted by Gasteiger charge is 2.45. The van der Waals surface area contributed by atoms with Gasteiger partial charge in [0.15, 0.2) is 6.10 Å². The summed E-state index contributed by atoms with van der Waals surface area (Å²) in [6.07, 6.45) is 0.936. The van der Waals surface area contributed by atoms with Crippen LogP contribution in [0.15, 0.2) is 0 Å². The van der Waals surface area contributed by atoms with E-state index in [2.05, 4.69) is 0 Å². The number of morpholine rings is 1. The maximum Gasteiger partial charge on any atom is 0.310 e. The van der Waals surface area contributed by atoms with Gasteiger partial charge in [0.25, 0.3) is 0 Å². The van der Waals surface area contributed by atoms with Crippen LogP contribution in [0.5, 0.6) is 0 Å². The van der Waals surface area contributed by atoms with E-state index in [4.69, 9.17) is 14.7 Å². The van der Waals surface area contributed by atoms with Crippen molar-refractivity contribution in [3.8, 4) is 6.07 Å². The topological polar surface area (TPSA) is 96.7 Å². The Balaban J connectivity index is 2.17. The summed E-state index contributed by atoms with van der Waals surface area (Å²) >= 11 is 0. The summed E-state index contributed by atoms with van der Waals surface area (Å²) < 4.78 is 36.4. The summed E-state index contributed by atoms with van der Waals surface area (Å²) in [7, 11) is -2.34. The number of rotatable bonds is 3. The molecule has 1 aliphatic carbocycles. The summed E-state index contributed by atoms with van der Waals surface area (Å²) in [4.78, 5) is 11.7. The third-order valence-corrected chi connectivity index (χ3v) is 6.25. The Kier molecular flexibility index (Phi) is 4.62. The molecule has 8 heteroatoms. The van der Waals surface area contributed by atoms with Gasteiger partial charge in [-0.25, -0.2) is 8.42 Å². The molecular formula is C12H18N2O5S. The van der Waals surface area contributed by atoms with E-state index in [-0.39, 0.29) is 19.7 Å². The van der Waals surface area contributed by atoms with Gasteiger partial charge in [0.2, 0.25) is 10.0 Å². The predicted octanol–water partition coefficient (Wildman–Crippen LogP) is -0.118. The quantitative estimate of drug-likeness (QED) is 0.674. The molecule has 0 spiro atoms. The molecule has 2 fully saturated rings. The first-order chi connectivity index (χ1) is 9.50. The van der Waals surface area contributed by atoms with E-state index >= 15 is 0 Å². The number of carbonyl (C=O) groups excluding carboxylic acids is 1. The maximum atomic E-state index is 12.6. The normalized spacial score (nSPS) is 31.7. The Labute approximate surface area is 118 Å². The van der Waals surface area contributed by atoms with Crippen LogP contribution in [0, 0.1) is 17.2 Å². The van der Waals surface area contributed by atoms with Crippen LogP contribution in [0.25, 0.3) is 0 Å². The zero-order chi connectivity index (χ0) is 14.8. The largest absolute Gasteiger partial charge is 0.469 e. The first-order valence-electron chi connectivity index (χ1n) is 6.58. The van der Waals surface area contributed by atoms with Crippen LogP contribution in [-0.4, -0.2) is 56.9 Å². The molecule has 0 N–H and O–H groups in total. The van der Waals surface area contributed by atoms with Gasteiger partial charge in [-0.1, -0.05) is 6.42 Å². The fourth-order valence-corrected chi connectivity index (χ4v) is 5.01. The molecule has 3 atom stereocenters. The van der Waals surface area contributed by atoms with Crippen molar-refractivity contribution in [3.05, 3.63) is 0 Å². The summed E-state index contributed by atoms with van der Waals surface area (Å²) in [6.45, 7) is 0.460. The molecule has 1 saturated heterocycles. The lowest BCUT2D eigenvalue weighted by Gasteiger charge is -2.32. The molecule has 3 unspecified atom stereocenters. The van der Waals surface area contributed by atoms with Crippen molar-refractivity contribution in [2.75, 3.05) is 26.8 Å². The van der Waals surface area contributed by atoms with Gasteiger partial charge in [-0.2, -0.15) is 9.57 Å². The molecule has 0 aromatic heterocycles. The second-order valence-electron chi connectivity index (χ2n) is 4.99. The first-order valence-corrected chi connectivity index (χ1v) is 8.09. The van der Waals surface area contributed by atoms with Crippen molar-refractivity contribution in [1.82, 2.24) is 4.31 Å². The molecule has 112 valence electrons. The van der Waals surface area contributed by atoms with Gasteiger partial charge < -0.3 is 9.47 Å². The average molecular weight is 302 g/mol. The van der Waals surface area contributed by atoms with Gasteiger partial charge in [-0.05, 0) is 12.8 Å². The third kappa shape index (κ3) is 2.80. The van der Waals surface area contributed by atoms with Crippen LogP contribution in [0.1, 0.15) is 19.3 Å². The minimum absolute atomic E-state index is 0.0310. The molecule has 1 heterocycles. The monoisotopic (exact) mass is 302 g/mol. The second kappa shape index (κ2) is 6.08. The van der Waals surface area contributed by atoms with Crippen LogP contribution in [-0.2, 0) is 24.3 Å². The molecule has 20 heavy (non-hydrogen) atoms. The van der Waals surface area contributed by atoms with Crippen LogP contribution in [0.3, 0.4) is 0 Å². The number of nitrogens with zero attached hydrogens (tertiary/aromatic N) is 2. The van der Waals surface area contributed by atoms with E-state index in [1.54, 1.807) is 0 Å². The Morgan fingerprint density at radius 2 is 2.20 bits per heavy atom. The van der Waals surface area contributed by atoms with E-state index in [1.165, 1.54) is 11.4 Å². The Bertz CT molecular complexity index is 512. The Morgan fingerprint density at radius 3 is 2.85 bits per heavy atom. The molecule has 7 nitrogen and oxygen atoms in total. The lowest BCUT2D eigenvalue weighted by atomic mass is 10.1. The van der Waals surface area contributed by atoms with Crippen molar-refractivity contribution < 1.29 is 22.7 Å². The smallest absolute Gasteiger partial charge is 0.310 e. The van der Waals surface area contributed by atoms with Crippen molar-refractivity contribution in [2.24, 2.45) is 5.92 Å². The van der Waals surface area contributed by atoms with E-state index in [0.29, 0.717) is 19.3 Å². The molecule has 0 aromatic rings. The number of nitriles is 1.